The van der Waals surface area contributed by atoms with Crippen molar-refractivity contribution in [2.75, 3.05) is 13.7 Å². The Labute approximate surface area is 216 Å². The van der Waals surface area contributed by atoms with Crippen molar-refractivity contribution in [3.63, 3.8) is 0 Å². The van der Waals surface area contributed by atoms with Crippen molar-refractivity contribution in [2.45, 2.75) is 18.9 Å². The number of nitrogens with one attached hydrogen (secondary N) is 1. The first kappa shape index (κ1) is 23.9. The van der Waals surface area contributed by atoms with E-state index >= 15 is 0 Å². The number of hydrogen-bond acceptors (Lipinski definition) is 7. The van der Waals surface area contributed by atoms with E-state index in [1.54, 1.807) is 61.5 Å². The topological polar surface area (TPSA) is 86.3 Å². The molecule has 2 aliphatic heterocycles. The fourth-order valence-electron chi connectivity index (χ4n) is 4.12. The van der Waals surface area contributed by atoms with Crippen LogP contribution in [0.1, 0.15) is 34.6 Å². The Morgan fingerprint density at radius 2 is 1.78 bits per heavy atom. The van der Waals surface area contributed by atoms with Crippen LogP contribution >= 0.6 is 15.9 Å². The maximum Gasteiger partial charge on any atom is 0.384 e. The lowest BCUT2D eigenvalue weighted by Crippen LogP contribution is -2.58. The molecule has 0 unspecified atom stereocenters. The molecule has 0 spiro atoms. The molecular formula is C27H23BrN2O6. The van der Waals surface area contributed by atoms with Gasteiger partial charge in [-0.1, -0.05) is 30.3 Å². The number of para-hydroxylation sites is 1. The molecule has 2 atom stereocenters. The number of benzene rings is 3. The Morgan fingerprint density at radius 1 is 1.06 bits per heavy atom. The van der Waals surface area contributed by atoms with Gasteiger partial charge in [0.2, 0.25) is 0 Å². The highest BCUT2D eigenvalue weighted by Gasteiger charge is 2.54. The quantitative estimate of drug-likeness (QED) is 0.440. The van der Waals surface area contributed by atoms with Crippen LogP contribution in [0.25, 0.3) is 5.70 Å². The molecule has 0 saturated carbocycles. The van der Waals surface area contributed by atoms with Gasteiger partial charge in [0.1, 0.15) is 11.5 Å². The highest BCUT2D eigenvalue weighted by atomic mass is 79.9. The predicted molar refractivity (Wildman–Crippen MR) is 135 cm³/mol. The predicted octanol–water partition coefficient (Wildman–Crippen LogP) is 4.83. The third-order valence-electron chi connectivity index (χ3n) is 5.84. The minimum Gasteiger partial charge on any atom is -0.497 e. The summed E-state index contributed by atoms with van der Waals surface area (Å²) in [5.41, 5.74) is 5.25. The minimum atomic E-state index is -1.83. The molecule has 0 aromatic heterocycles. The van der Waals surface area contributed by atoms with Crippen LogP contribution in [0, 0.1) is 0 Å². The average molecular weight is 551 g/mol. The summed E-state index contributed by atoms with van der Waals surface area (Å²) in [7, 11) is 1.58. The smallest absolute Gasteiger partial charge is 0.384 e. The van der Waals surface area contributed by atoms with E-state index in [0.717, 1.165) is 0 Å². The summed E-state index contributed by atoms with van der Waals surface area (Å²) in [5, 5.41) is 1.60. The third kappa shape index (κ3) is 4.20. The molecular weight excluding hydrogens is 528 g/mol. The van der Waals surface area contributed by atoms with Crippen molar-refractivity contribution in [3.8, 4) is 11.5 Å². The van der Waals surface area contributed by atoms with E-state index in [1.165, 1.54) is 6.08 Å². The zero-order chi connectivity index (χ0) is 25.3. The van der Waals surface area contributed by atoms with E-state index < -0.39 is 18.0 Å². The summed E-state index contributed by atoms with van der Waals surface area (Å²) in [6.07, 6.45) is 0.646. The van der Waals surface area contributed by atoms with Crippen molar-refractivity contribution in [3.05, 3.63) is 100 Å². The number of nitrogens with zero attached hydrogens (tertiary/aromatic N) is 1. The van der Waals surface area contributed by atoms with Gasteiger partial charge in [-0.15, -0.1) is 0 Å². The van der Waals surface area contributed by atoms with Gasteiger partial charge in [-0.2, -0.15) is 0 Å². The van der Waals surface area contributed by atoms with Crippen LogP contribution in [0.3, 0.4) is 0 Å². The third-order valence-corrected chi connectivity index (χ3v) is 6.53. The summed E-state index contributed by atoms with van der Waals surface area (Å²) < 4.78 is 23.6. The molecule has 0 saturated heterocycles. The van der Waals surface area contributed by atoms with Gasteiger partial charge in [0.15, 0.2) is 6.23 Å². The van der Waals surface area contributed by atoms with E-state index in [0.29, 0.717) is 38.4 Å². The molecule has 2 heterocycles. The van der Waals surface area contributed by atoms with Crippen LogP contribution in [0.2, 0.25) is 0 Å². The average Bonchev–Trinajstić information content (AvgIpc) is 2.90. The number of carbonyl (C=O) groups is 2. The monoisotopic (exact) mass is 550 g/mol. The lowest BCUT2D eigenvalue weighted by Gasteiger charge is -2.47. The molecule has 1 N–H and O–H groups in total. The zero-order valence-corrected chi connectivity index (χ0v) is 21.2. The summed E-state index contributed by atoms with van der Waals surface area (Å²) in [6.45, 7) is 1.86. The van der Waals surface area contributed by atoms with E-state index in [1.807, 2.05) is 30.3 Å². The number of carbonyl (C=O) groups excluding carboxylic acids is 2. The number of amides is 1. The molecule has 2 aliphatic rings. The van der Waals surface area contributed by atoms with Crippen molar-refractivity contribution < 1.29 is 28.5 Å². The molecule has 9 heteroatoms. The van der Waals surface area contributed by atoms with Gasteiger partial charge in [-0.25, -0.2) is 4.79 Å². The lowest BCUT2D eigenvalue weighted by atomic mass is 10.0. The number of rotatable bonds is 6. The highest BCUT2D eigenvalue weighted by Crippen LogP contribution is 2.48. The number of esters is 1. The van der Waals surface area contributed by atoms with Crippen LogP contribution in [0.15, 0.2) is 83.3 Å². The fraction of sp³-hybridized carbons (Fsp3) is 0.185. The highest BCUT2D eigenvalue weighted by molar-refractivity contribution is 9.10. The van der Waals surface area contributed by atoms with Crippen LogP contribution in [0.5, 0.6) is 11.5 Å². The molecule has 8 nitrogen and oxygen atoms in total. The van der Waals surface area contributed by atoms with E-state index in [4.69, 9.17) is 18.9 Å². The van der Waals surface area contributed by atoms with Crippen LogP contribution in [-0.4, -0.2) is 36.4 Å². The number of hydrogen-bond donors (Lipinski definition) is 1. The zero-order valence-electron chi connectivity index (χ0n) is 19.6. The molecule has 1 amide bonds. The number of methoxy groups -OCH3 is 1. The number of halogens is 1. The van der Waals surface area contributed by atoms with Gasteiger partial charge >= 0.3 is 11.8 Å². The van der Waals surface area contributed by atoms with Crippen molar-refractivity contribution in [2.24, 2.45) is 0 Å². The molecule has 3 aromatic carbocycles. The molecule has 36 heavy (non-hydrogen) atoms. The number of ether oxygens (including phenoxy) is 4. The summed E-state index contributed by atoms with van der Waals surface area (Å²) >= 11 is 3.44. The van der Waals surface area contributed by atoms with Crippen molar-refractivity contribution >= 4 is 33.5 Å². The Bertz CT molecular complexity index is 1340. The first-order valence-corrected chi connectivity index (χ1v) is 12.1. The van der Waals surface area contributed by atoms with E-state index in [2.05, 4.69) is 21.4 Å². The second kappa shape index (κ2) is 9.67. The molecule has 184 valence electrons. The molecule has 3 aromatic rings. The maximum atomic E-state index is 13.4. The largest absolute Gasteiger partial charge is 0.497 e. The van der Waals surface area contributed by atoms with Crippen LogP contribution in [0.4, 0.5) is 0 Å². The van der Waals surface area contributed by atoms with Crippen molar-refractivity contribution in [1.82, 2.24) is 10.4 Å². The second-order valence-corrected chi connectivity index (χ2v) is 8.90. The van der Waals surface area contributed by atoms with Crippen LogP contribution < -0.4 is 14.9 Å². The van der Waals surface area contributed by atoms with Gasteiger partial charge in [0.25, 0.3) is 5.91 Å². The van der Waals surface area contributed by atoms with Crippen LogP contribution in [-0.2, 0) is 14.3 Å². The van der Waals surface area contributed by atoms with E-state index in [-0.39, 0.29) is 12.5 Å². The lowest BCUT2D eigenvalue weighted by molar-refractivity contribution is -0.251. The number of hydrazine groups is 1. The van der Waals surface area contributed by atoms with E-state index in [9.17, 15) is 9.59 Å². The standard InChI is InChI=1S/C27H23BrN2O6/c1-3-34-26(32)27-16-22(17-12-14-18(33-2)15-13-17)30(29-24(31)19-8-4-6-10-21(19)28)25(36-27)20-9-5-7-11-23(20)35-27/h4-16,25H,3H2,1-2H3,(H,29,31)/t25-,27+/m1/s1. The molecule has 2 bridgehead atoms. The summed E-state index contributed by atoms with van der Waals surface area (Å²) in [6, 6.07) is 21.6. The fourth-order valence-corrected chi connectivity index (χ4v) is 4.59. The Kier molecular flexibility index (Phi) is 6.42. The summed E-state index contributed by atoms with van der Waals surface area (Å²) in [4.78, 5) is 26.6. The molecule has 0 aliphatic carbocycles. The normalized spacial score (nSPS) is 19.9. The summed E-state index contributed by atoms with van der Waals surface area (Å²) in [5.74, 6) is -1.77. The minimum absolute atomic E-state index is 0.147. The van der Waals surface area contributed by atoms with Gasteiger partial charge in [0.05, 0.1) is 25.0 Å². The first-order chi connectivity index (χ1) is 17.5. The van der Waals surface area contributed by atoms with Crippen molar-refractivity contribution in [1.29, 1.82) is 0 Å². The first-order valence-electron chi connectivity index (χ1n) is 11.3. The van der Waals surface area contributed by atoms with Gasteiger partial charge in [-0.05, 0) is 70.9 Å². The number of fused-ring (bicyclic) bond motifs is 4. The molecule has 0 fully saturated rings. The maximum absolute atomic E-state index is 13.4. The Balaban J connectivity index is 1.66. The SMILES string of the molecule is CCOC(=O)[C@]12C=C(c3ccc(OC)cc3)N(NC(=O)c3ccccc3Br)[C@H](O1)c1ccccc1O2. The Hall–Kier alpha value is -3.82. The Morgan fingerprint density at radius 3 is 2.50 bits per heavy atom. The molecule has 5 rings (SSSR count). The van der Waals surface area contributed by atoms with Gasteiger partial charge in [0, 0.05) is 16.1 Å². The van der Waals surface area contributed by atoms with Gasteiger partial charge < -0.3 is 14.2 Å². The van der Waals surface area contributed by atoms with Gasteiger partial charge in [-0.3, -0.25) is 20.0 Å². The second-order valence-electron chi connectivity index (χ2n) is 8.05. The molecule has 0 radical (unpaired) electrons.